The third-order valence-corrected chi connectivity index (χ3v) is 5.91. The van der Waals surface area contributed by atoms with Gasteiger partial charge in [0.1, 0.15) is 0 Å². The van der Waals surface area contributed by atoms with E-state index in [0.717, 1.165) is 21.1 Å². The van der Waals surface area contributed by atoms with Gasteiger partial charge in [-0.2, -0.15) is 0 Å². The van der Waals surface area contributed by atoms with Crippen LogP contribution in [0.4, 0.5) is 0 Å². The van der Waals surface area contributed by atoms with Crippen LogP contribution in [-0.2, 0) is 20.8 Å². The molecule has 6 heteroatoms. The molecule has 3 atom stereocenters. The summed E-state index contributed by atoms with van der Waals surface area (Å²) in [5.41, 5.74) is 2.14. The molecule has 1 heterocycles. The van der Waals surface area contributed by atoms with Crippen LogP contribution in [0, 0.1) is 9.49 Å². The first kappa shape index (κ1) is 22.8. The molecule has 0 aromatic heterocycles. The number of allylic oxidation sites excluding steroid dienone is 1. The van der Waals surface area contributed by atoms with Crippen molar-refractivity contribution in [1.82, 2.24) is 5.32 Å². The number of ether oxygens (including phenoxy) is 2. The molecule has 0 saturated carbocycles. The molecule has 30 heavy (non-hydrogen) atoms. The molecule has 2 aromatic carbocycles. The summed E-state index contributed by atoms with van der Waals surface area (Å²) in [6, 6.07) is 18.1. The van der Waals surface area contributed by atoms with Crippen LogP contribution in [0.2, 0.25) is 0 Å². The molecule has 2 N–H and O–H groups in total. The average Bonchev–Trinajstić information content (AvgIpc) is 2.78. The summed E-state index contributed by atoms with van der Waals surface area (Å²) in [6.07, 6.45) is 2.77. The van der Waals surface area contributed by atoms with Crippen LogP contribution in [0.3, 0.4) is 0 Å². The first-order chi connectivity index (χ1) is 14.6. The third kappa shape index (κ3) is 6.06. The van der Waals surface area contributed by atoms with Gasteiger partial charge in [0.2, 0.25) is 6.29 Å². The molecule has 1 aliphatic rings. The highest BCUT2D eigenvalue weighted by molar-refractivity contribution is 14.1. The van der Waals surface area contributed by atoms with Gasteiger partial charge in [-0.15, -0.1) is 0 Å². The fraction of sp³-hybridized carbons (Fsp3) is 0.375. The molecule has 2 aromatic rings. The van der Waals surface area contributed by atoms with E-state index in [1.165, 1.54) is 0 Å². The van der Waals surface area contributed by atoms with Crippen molar-refractivity contribution in [2.24, 2.45) is 5.92 Å². The molecule has 0 unspecified atom stereocenters. The molecule has 0 fully saturated rings. The maximum absolute atomic E-state index is 12.9. The van der Waals surface area contributed by atoms with Gasteiger partial charge in [0.05, 0.1) is 0 Å². The van der Waals surface area contributed by atoms with Crippen molar-refractivity contribution >= 4 is 28.5 Å². The van der Waals surface area contributed by atoms with Crippen molar-refractivity contribution < 1.29 is 19.4 Å². The second kappa shape index (κ2) is 11.5. The Kier molecular flexibility index (Phi) is 8.72. The number of aliphatic hydroxyl groups is 1. The summed E-state index contributed by atoms with van der Waals surface area (Å²) < 4.78 is 13.0. The number of carbonyl (C=O) groups excluding carboxylic acids is 1. The second-order valence-corrected chi connectivity index (χ2v) is 8.49. The Hall–Kier alpha value is -1.90. The standard InChI is InChI=1S/C24H28INO4/c1-2-29-24-20(9-6-14-27)21(18-7-4-3-5-8-18)15-22(30-24)23(28)26-16-17-10-12-19(25)13-11-17/h3-5,7-8,10-13,15,20-21,24,27H,2,6,9,14,16H2,1H3,(H,26,28)/t20-,21+,24+/m1/s1. The molecule has 0 saturated heterocycles. The highest BCUT2D eigenvalue weighted by atomic mass is 127. The van der Waals surface area contributed by atoms with E-state index in [9.17, 15) is 9.90 Å². The van der Waals surface area contributed by atoms with Gasteiger partial charge < -0.3 is 19.9 Å². The monoisotopic (exact) mass is 521 g/mol. The molecule has 0 spiro atoms. The quantitative estimate of drug-likeness (QED) is 0.482. The van der Waals surface area contributed by atoms with Crippen LogP contribution in [0.5, 0.6) is 0 Å². The van der Waals surface area contributed by atoms with E-state index in [0.29, 0.717) is 19.6 Å². The Bertz CT molecular complexity index is 838. The van der Waals surface area contributed by atoms with Gasteiger partial charge in [0.15, 0.2) is 5.76 Å². The lowest BCUT2D eigenvalue weighted by molar-refractivity contribution is -0.166. The van der Waals surface area contributed by atoms with Crippen molar-refractivity contribution in [2.75, 3.05) is 13.2 Å². The van der Waals surface area contributed by atoms with Crippen LogP contribution in [0.1, 0.15) is 36.8 Å². The van der Waals surface area contributed by atoms with Gasteiger partial charge in [-0.3, -0.25) is 4.79 Å². The van der Waals surface area contributed by atoms with Gasteiger partial charge in [-0.1, -0.05) is 42.5 Å². The predicted molar refractivity (Wildman–Crippen MR) is 125 cm³/mol. The van der Waals surface area contributed by atoms with E-state index >= 15 is 0 Å². The van der Waals surface area contributed by atoms with Crippen LogP contribution >= 0.6 is 22.6 Å². The molecular weight excluding hydrogens is 493 g/mol. The normalized spacial score (nSPS) is 20.9. The fourth-order valence-electron chi connectivity index (χ4n) is 3.69. The molecule has 0 aliphatic carbocycles. The number of nitrogens with one attached hydrogen (secondary N) is 1. The minimum absolute atomic E-state index is 0.0206. The zero-order valence-electron chi connectivity index (χ0n) is 17.1. The van der Waals surface area contributed by atoms with Crippen molar-refractivity contribution in [1.29, 1.82) is 0 Å². The highest BCUT2D eigenvalue weighted by Gasteiger charge is 2.37. The highest BCUT2D eigenvalue weighted by Crippen LogP contribution is 2.39. The summed E-state index contributed by atoms with van der Waals surface area (Å²) in [7, 11) is 0. The Morgan fingerprint density at radius 2 is 1.90 bits per heavy atom. The van der Waals surface area contributed by atoms with E-state index in [-0.39, 0.29) is 30.1 Å². The molecule has 3 rings (SSSR count). The topological polar surface area (TPSA) is 67.8 Å². The number of hydrogen-bond acceptors (Lipinski definition) is 4. The molecule has 1 aliphatic heterocycles. The van der Waals surface area contributed by atoms with Crippen molar-refractivity contribution in [3.8, 4) is 0 Å². The Balaban J connectivity index is 1.81. The number of hydrogen-bond donors (Lipinski definition) is 2. The number of aliphatic hydroxyl groups excluding tert-OH is 1. The summed E-state index contributed by atoms with van der Waals surface area (Å²) in [5, 5.41) is 12.3. The number of halogens is 1. The smallest absolute Gasteiger partial charge is 0.286 e. The minimum Gasteiger partial charge on any atom is -0.459 e. The van der Waals surface area contributed by atoms with Crippen molar-refractivity contribution in [3.05, 3.63) is 81.1 Å². The second-order valence-electron chi connectivity index (χ2n) is 7.25. The average molecular weight is 521 g/mol. The largest absolute Gasteiger partial charge is 0.459 e. The zero-order valence-corrected chi connectivity index (χ0v) is 19.2. The number of benzene rings is 2. The molecule has 0 radical (unpaired) electrons. The molecule has 1 amide bonds. The first-order valence-electron chi connectivity index (χ1n) is 10.3. The van der Waals surface area contributed by atoms with Gasteiger partial charge >= 0.3 is 0 Å². The number of amides is 1. The van der Waals surface area contributed by atoms with E-state index in [1.807, 2.05) is 55.5 Å². The van der Waals surface area contributed by atoms with Gasteiger partial charge in [-0.25, -0.2) is 0 Å². The van der Waals surface area contributed by atoms with Gasteiger partial charge in [0.25, 0.3) is 5.91 Å². The zero-order chi connectivity index (χ0) is 21.3. The third-order valence-electron chi connectivity index (χ3n) is 5.19. The van der Waals surface area contributed by atoms with Crippen molar-refractivity contribution in [2.45, 2.75) is 38.5 Å². The van der Waals surface area contributed by atoms with E-state index in [2.05, 4.69) is 40.0 Å². The first-order valence-corrected chi connectivity index (χ1v) is 11.4. The molecule has 160 valence electrons. The van der Waals surface area contributed by atoms with Crippen molar-refractivity contribution in [3.63, 3.8) is 0 Å². The summed E-state index contributed by atoms with van der Waals surface area (Å²) in [6.45, 7) is 2.95. The summed E-state index contributed by atoms with van der Waals surface area (Å²) in [4.78, 5) is 12.9. The van der Waals surface area contributed by atoms with E-state index in [4.69, 9.17) is 9.47 Å². The summed E-state index contributed by atoms with van der Waals surface area (Å²) in [5.74, 6) is 0.0298. The molecular formula is C24H28INO4. The van der Waals surface area contributed by atoms with Crippen LogP contribution in [0.15, 0.2) is 66.4 Å². The predicted octanol–water partition coefficient (Wildman–Crippen LogP) is 4.36. The minimum atomic E-state index is -0.532. The maximum atomic E-state index is 12.9. The molecule has 5 nitrogen and oxygen atoms in total. The van der Waals surface area contributed by atoms with E-state index in [1.54, 1.807) is 0 Å². The lowest BCUT2D eigenvalue weighted by Crippen LogP contribution is -2.38. The van der Waals surface area contributed by atoms with Crippen LogP contribution in [-0.4, -0.2) is 30.5 Å². The Labute approximate surface area is 191 Å². The SMILES string of the molecule is CCO[C@H]1OC(C(=O)NCc2ccc(I)cc2)=C[C@@H](c2ccccc2)[C@H]1CCCO. The summed E-state index contributed by atoms with van der Waals surface area (Å²) >= 11 is 2.26. The Morgan fingerprint density at radius 3 is 2.57 bits per heavy atom. The maximum Gasteiger partial charge on any atom is 0.286 e. The van der Waals surface area contributed by atoms with Gasteiger partial charge in [-0.05, 0) is 71.7 Å². The van der Waals surface area contributed by atoms with Crippen LogP contribution < -0.4 is 5.32 Å². The lowest BCUT2D eigenvalue weighted by atomic mass is 9.80. The van der Waals surface area contributed by atoms with E-state index < -0.39 is 6.29 Å². The van der Waals surface area contributed by atoms with Gasteiger partial charge in [0, 0.05) is 35.2 Å². The fourth-order valence-corrected chi connectivity index (χ4v) is 4.05. The molecule has 0 bridgehead atoms. The number of rotatable bonds is 9. The number of carbonyl (C=O) groups is 1. The lowest BCUT2D eigenvalue weighted by Gasteiger charge is -2.37. The van der Waals surface area contributed by atoms with Crippen LogP contribution in [0.25, 0.3) is 0 Å². The Morgan fingerprint density at radius 1 is 1.17 bits per heavy atom.